The predicted octanol–water partition coefficient (Wildman–Crippen LogP) is 4.19. The summed E-state index contributed by atoms with van der Waals surface area (Å²) in [5, 5.41) is 0.568. The van der Waals surface area contributed by atoms with E-state index in [4.69, 9.17) is 11.6 Å². The van der Waals surface area contributed by atoms with Gasteiger partial charge in [0.25, 0.3) is 0 Å². The fourth-order valence-corrected chi connectivity index (χ4v) is 2.41. The molecule has 0 saturated carbocycles. The minimum Gasteiger partial charge on any atom is -0.324 e. The molecule has 0 aliphatic rings. The van der Waals surface area contributed by atoms with Crippen LogP contribution >= 0.6 is 11.6 Å². The van der Waals surface area contributed by atoms with Crippen LogP contribution in [-0.2, 0) is 6.54 Å². The molecule has 1 aromatic heterocycles. The molecule has 19 heavy (non-hydrogen) atoms. The Balaban J connectivity index is 2.10. The highest BCUT2D eigenvalue weighted by Crippen LogP contribution is 2.22. The summed E-state index contributed by atoms with van der Waals surface area (Å²) < 4.78 is 15.3. The van der Waals surface area contributed by atoms with E-state index in [2.05, 4.69) is 4.98 Å². The summed E-state index contributed by atoms with van der Waals surface area (Å²) in [5.74, 6) is 0.614. The normalized spacial score (nSPS) is 11.1. The molecule has 0 unspecified atom stereocenters. The average molecular weight is 275 g/mol. The smallest absolute Gasteiger partial charge is 0.123 e. The van der Waals surface area contributed by atoms with Crippen molar-refractivity contribution in [1.82, 2.24) is 9.55 Å². The van der Waals surface area contributed by atoms with Crippen LogP contribution < -0.4 is 0 Å². The number of aromatic nitrogens is 2. The number of imidazole rings is 1. The molecule has 0 amide bonds. The van der Waals surface area contributed by atoms with Crippen molar-refractivity contribution >= 4 is 22.6 Å². The van der Waals surface area contributed by atoms with E-state index < -0.39 is 0 Å². The number of hydrogen-bond acceptors (Lipinski definition) is 1. The highest BCUT2D eigenvalue weighted by Gasteiger charge is 2.09. The van der Waals surface area contributed by atoms with E-state index in [-0.39, 0.29) is 5.82 Å². The Kier molecular flexibility index (Phi) is 2.99. The quantitative estimate of drug-likeness (QED) is 0.685. The van der Waals surface area contributed by atoms with Gasteiger partial charge in [-0.1, -0.05) is 23.7 Å². The molecular weight excluding hydrogens is 263 g/mol. The summed E-state index contributed by atoms with van der Waals surface area (Å²) in [6.07, 6.45) is 0. The molecule has 0 fully saturated rings. The van der Waals surface area contributed by atoms with Crippen LogP contribution in [0.25, 0.3) is 11.0 Å². The Hall–Kier alpha value is -1.87. The lowest BCUT2D eigenvalue weighted by Gasteiger charge is -2.09. The van der Waals surface area contributed by atoms with Gasteiger partial charge in [0.15, 0.2) is 0 Å². The van der Waals surface area contributed by atoms with Gasteiger partial charge < -0.3 is 4.57 Å². The van der Waals surface area contributed by atoms with Gasteiger partial charge in [-0.3, -0.25) is 0 Å². The fraction of sp³-hybridized carbons (Fsp3) is 0.133. The maximum absolute atomic E-state index is 13.3. The third-order valence-corrected chi connectivity index (χ3v) is 3.55. The van der Waals surface area contributed by atoms with Gasteiger partial charge in [0, 0.05) is 5.02 Å². The molecular formula is C15H12ClFN2. The molecule has 2 nitrogen and oxygen atoms in total. The first kappa shape index (κ1) is 12.2. The van der Waals surface area contributed by atoms with E-state index in [1.54, 1.807) is 6.07 Å². The van der Waals surface area contributed by atoms with Crippen LogP contribution in [0.4, 0.5) is 4.39 Å². The number of hydrogen-bond donors (Lipinski definition) is 0. The maximum atomic E-state index is 13.3. The van der Waals surface area contributed by atoms with Crippen molar-refractivity contribution in [3.63, 3.8) is 0 Å². The van der Waals surface area contributed by atoms with Gasteiger partial charge in [-0.05, 0) is 42.8 Å². The Labute approximate surface area is 115 Å². The van der Waals surface area contributed by atoms with Crippen LogP contribution in [-0.4, -0.2) is 9.55 Å². The average Bonchev–Trinajstić information content (AvgIpc) is 2.71. The van der Waals surface area contributed by atoms with E-state index in [0.29, 0.717) is 11.6 Å². The van der Waals surface area contributed by atoms with Gasteiger partial charge >= 0.3 is 0 Å². The van der Waals surface area contributed by atoms with Gasteiger partial charge in [-0.15, -0.1) is 0 Å². The van der Waals surface area contributed by atoms with Crippen molar-refractivity contribution in [1.29, 1.82) is 0 Å². The molecule has 3 aromatic rings. The van der Waals surface area contributed by atoms with Gasteiger partial charge in [-0.2, -0.15) is 0 Å². The number of halogens is 2. The van der Waals surface area contributed by atoms with Crippen LogP contribution in [0.5, 0.6) is 0 Å². The number of aryl methyl sites for hydroxylation is 1. The zero-order chi connectivity index (χ0) is 13.4. The maximum Gasteiger partial charge on any atom is 0.123 e. The summed E-state index contributed by atoms with van der Waals surface area (Å²) in [4.78, 5) is 4.49. The Morgan fingerprint density at radius 2 is 2.00 bits per heavy atom. The van der Waals surface area contributed by atoms with E-state index in [0.717, 1.165) is 22.4 Å². The highest BCUT2D eigenvalue weighted by molar-refractivity contribution is 6.31. The van der Waals surface area contributed by atoms with Gasteiger partial charge in [0.2, 0.25) is 0 Å². The zero-order valence-electron chi connectivity index (χ0n) is 10.4. The van der Waals surface area contributed by atoms with Gasteiger partial charge in [-0.25, -0.2) is 9.37 Å². The number of fused-ring (bicyclic) bond motifs is 1. The molecule has 3 rings (SSSR count). The monoisotopic (exact) mass is 274 g/mol. The molecule has 4 heteroatoms. The second kappa shape index (κ2) is 4.67. The lowest BCUT2D eigenvalue weighted by molar-refractivity contribution is 0.623. The first-order chi connectivity index (χ1) is 9.15. The van der Waals surface area contributed by atoms with Gasteiger partial charge in [0.1, 0.15) is 11.6 Å². The molecule has 0 atom stereocenters. The van der Waals surface area contributed by atoms with Gasteiger partial charge in [0.05, 0.1) is 17.6 Å². The first-order valence-corrected chi connectivity index (χ1v) is 6.39. The van der Waals surface area contributed by atoms with Crippen LogP contribution in [0.2, 0.25) is 5.02 Å². The SMILES string of the molecule is Cc1nc2ccccc2n1Cc1cc(F)ccc1Cl. The molecule has 1 heterocycles. The van der Waals surface area contributed by atoms with Crippen LogP contribution in [0, 0.1) is 12.7 Å². The molecule has 96 valence electrons. The zero-order valence-corrected chi connectivity index (χ0v) is 11.2. The van der Waals surface area contributed by atoms with E-state index in [9.17, 15) is 4.39 Å². The predicted molar refractivity (Wildman–Crippen MR) is 75.0 cm³/mol. The van der Waals surface area contributed by atoms with Crippen molar-refractivity contribution in [3.8, 4) is 0 Å². The van der Waals surface area contributed by atoms with E-state index in [1.807, 2.05) is 35.8 Å². The fourth-order valence-electron chi connectivity index (χ4n) is 2.23. The summed E-state index contributed by atoms with van der Waals surface area (Å²) in [6.45, 7) is 2.45. The number of nitrogens with zero attached hydrogens (tertiary/aromatic N) is 2. The third-order valence-electron chi connectivity index (χ3n) is 3.18. The standard InChI is InChI=1S/C15H12ClFN2/c1-10-18-14-4-2-3-5-15(14)19(10)9-11-8-12(17)6-7-13(11)16/h2-8H,9H2,1H3. The van der Waals surface area contributed by atoms with Crippen molar-refractivity contribution < 1.29 is 4.39 Å². The minimum absolute atomic E-state index is 0.276. The van der Waals surface area contributed by atoms with Crippen molar-refractivity contribution in [2.45, 2.75) is 13.5 Å². The van der Waals surface area contributed by atoms with Crippen molar-refractivity contribution in [3.05, 3.63) is 64.7 Å². The van der Waals surface area contributed by atoms with E-state index >= 15 is 0 Å². The topological polar surface area (TPSA) is 17.8 Å². The highest BCUT2D eigenvalue weighted by atomic mass is 35.5. The van der Waals surface area contributed by atoms with Crippen molar-refractivity contribution in [2.75, 3.05) is 0 Å². The molecule has 0 radical (unpaired) electrons. The third kappa shape index (κ3) is 2.22. The summed E-state index contributed by atoms with van der Waals surface area (Å²) in [6, 6.07) is 12.3. The lowest BCUT2D eigenvalue weighted by atomic mass is 10.2. The molecule has 0 bridgehead atoms. The van der Waals surface area contributed by atoms with Crippen LogP contribution in [0.3, 0.4) is 0 Å². The second-order valence-corrected chi connectivity index (χ2v) is 4.88. The Morgan fingerprint density at radius 3 is 2.84 bits per heavy atom. The largest absolute Gasteiger partial charge is 0.324 e. The Bertz CT molecular complexity index is 749. The van der Waals surface area contributed by atoms with E-state index in [1.165, 1.54) is 12.1 Å². The molecule has 0 aliphatic heterocycles. The van der Waals surface area contributed by atoms with Crippen molar-refractivity contribution in [2.24, 2.45) is 0 Å². The van der Waals surface area contributed by atoms with Crippen LogP contribution in [0.15, 0.2) is 42.5 Å². The number of benzene rings is 2. The summed E-state index contributed by atoms with van der Waals surface area (Å²) in [5.41, 5.74) is 2.72. The molecule has 0 aliphatic carbocycles. The first-order valence-electron chi connectivity index (χ1n) is 6.01. The summed E-state index contributed by atoms with van der Waals surface area (Å²) >= 11 is 6.12. The minimum atomic E-state index is -0.276. The Morgan fingerprint density at radius 1 is 1.21 bits per heavy atom. The summed E-state index contributed by atoms with van der Waals surface area (Å²) in [7, 11) is 0. The van der Waals surface area contributed by atoms with Crippen LogP contribution in [0.1, 0.15) is 11.4 Å². The molecule has 0 N–H and O–H groups in total. The number of rotatable bonds is 2. The lowest BCUT2D eigenvalue weighted by Crippen LogP contribution is -2.03. The second-order valence-electron chi connectivity index (χ2n) is 4.47. The molecule has 0 spiro atoms. The molecule has 0 saturated heterocycles. The molecule has 2 aromatic carbocycles. The number of para-hydroxylation sites is 2.